The first-order chi connectivity index (χ1) is 8.55. The van der Waals surface area contributed by atoms with Gasteiger partial charge in [-0.2, -0.15) is 0 Å². The van der Waals surface area contributed by atoms with E-state index in [1.807, 2.05) is 6.07 Å². The van der Waals surface area contributed by atoms with Gasteiger partial charge in [0.05, 0.1) is 0 Å². The molecule has 3 aliphatic rings. The Morgan fingerprint density at radius 2 is 1.89 bits per heavy atom. The molecule has 0 radical (unpaired) electrons. The summed E-state index contributed by atoms with van der Waals surface area (Å²) in [5.74, 6) is -0.841. The number of carbonyl (C=O) groups is 1. The lowest BCUT2D eigenvalue weighted by molar-refractivity contribution is -0.223. The van der Waals surface area contributed by atoms with E-state index in [0.29, 0.717) is 5.41 Å². The van der Waals surface area contributed by atoms with Crippen LogP contribution < -0.4 is 5.73 Å². The Balaban J connectivity index is 1.53. The van der Waals surface area contributed by atoms with E-state index < -0.39 is 12.0 Å². The van der Waals surface area contributed by atoms with E-state index in [1.54, 1.807) is 0 Å². The highest BCUT2D eigenvalue weighted by Crippen LogP contribution is 2.76. The molecule has 0 saturated heterocycles. The number of hydrogen-bond acceptors (Lipinski definition) is 2. The summed E-state index contributed by atoms with van der Waals surface area (Å²) in [6.45, 7) is 0. The Kier molecular flexibility index (Phi) is 2.49. The second-order valence-corrected chi connectivity index (χ2v) is 6.19. The van der Waals surface area contributed by atoms with Crippen LogP contribution in [0.5, 0.6) is 0 Å². The molecule has 0 amide bonds. The third kappa shape index (κ3) is 1.65. The topological polar surface area (TPSA) is 63.3 Å². The van der Waals surface area contributed by atoms with E-state index in [4.69, 9.17) is 10.8 Å². The van der Waals surface area contributed by atoms with E-state index in [1.165, 1.54) is 12.0 Å². The molecule has 0 aromatic heterocycles. The first-order valence-electron chi connectivity index (χ1n) is 6.58. The molecule has 0 heterocycles. The minimum atomic E-state index is -0.841. The summed E-state index contributed by atoms with van der Waals surface area (Å²) in [5, 5.41) is 8.97. The van der Waals surface area contributed by atoms with E-state index in [0.717, 1.165) is 25.7 Å². The first-order valence-corrected chi connectivity index (χ1v) is 6.58. The van der Waals surface area contributed by atoms with Crippen molar-refractivity contribution in [3.8, 4) is 0 Å². The van der Waals surface area contributed by atoms with Crippen molar-refractivity contribution < 1.29 is 9.90 Å². The molecule has 3 fully saturated rings. The number of rotatable bonds is 5. The van der Waals surface area contributed by atoms with E-state index in [9.17, 15) is 4.79 Å². The SMILES string of the molecule is NC(C(=O)O)C12CC(CCc3ccccc3)(C1)C2. The lowest BCUT2D eigenvalue weighted by atomic mass is 9.32. The molecule has 0 spiro atoms. The molecule has 2 bridgehead atoms. The van der Waals surface area contributed by atoms with Crippen molar-refractivity contribution >= 4 is 5.97 Å². The van der Waals surface area contributed by atoms with Crippen molar-refractivity contribution in [3.05, 3.63) is 35.9 Å². The lowest BCUT2D eigenvalue weighted by Crippen LogP contribution is -2.70. The molecule has 3 saturated carbocycles. The third-order valence-corrected chi connectivity index (χ3v) is 4.89. The summed E-state index contributed by atoms with van der Waals surface area (Å²) in [7, 11) is 0. The highest BCUT2D eigenvalue weighted by molar-refractivity contribution is 5.75. The van der Waals surface area contributed by atoms with Gasteiger partial charge in [0.2, 0.25) is 0 Å². The largest absolute Gasteiger partial charge is 0.480 e. The average molecular weight is 245 g/mol. The van der Waals surface area contributed by atoms with Crippen molar-refractivity contribution in [1.29, 1.82) is 0 Å². The van der Waals surface area contributed by atoms with Crippen LogP contribution in [0.3, 0.4) is 0 Å². The molecule has 1 aromatic rings. The summed E-state index contributed by atoms with van der Waals surface area (Å²) in [6.07, 6.45) is 5.31. The van der Waals surface area contributed by atoms with Gasteiger partial charge in [-0.25, -0.2) is 0 Å². The number of carboxylic acids is 1. The number of carboxylic acid groups (broad SMARTS) is 1. The maximum atomic E-state index is 10.9. The molecule has 3 heteroatoms. The smallest absolute Gasteiger partial charge is 0.321 e. The maximum Gasteiger partial charge on any atom is 0.321 e. The molecule has 1 atom stereocenters. The van der Waals surface area contributed by atoms with Crippen molar-refractivity contribution in [1.82, 2.24) is 0 Å². The quantitative estimate of drug-likeness (QED) is 0.836. The minimum Gasteiger partial charge on any atom is -0.480 e. The number of nitrogens with two attached hydrogens (primary N) is 1. The maximum absolute atomic E-state index is 10.9. The van der Waals surface area contributed by atoms with Gasteiger partial charge in [0, 0.05) is 0 Å². The number of aliphatic carboxylic acids is 1. The van der Waals surface area contributed by atoms with Crippen LogP contribution in [-0.4, -0.2) is 17.1 Å². The van der Waals surface area contributed by atoms with Crippen LogP contribution in [0.15, 0.2) is 30.3 Å². The molecule has 0 aliphatic heterocycles. The molecule has 3 aliphatic carbocycles. The van der Waals surface area contributed by atoms with Crippen molar-refractivity contribution in [2.45, 2.75) is 38.1 Å². The van der Waals surface area contributed by atoms with Crippen LogP contribution in [0.4, 0.5) is 0 Å². The highest BCUT2D eigenvalue weighted by Gasteiger charge is 2.70. The molecule has 4 rings (SSSR count). The summed E-state index contributed by atoms with van der Waals surface area (Å²) in [5.41, 5.74) is 7.47. The zero-order chi connectivity index (χ0) is 12.8. The fourth-order valence-corrected chi connectivity index (χ4v) is 4.00. The standard InChI is InChI=1S/C15H19NO2/c16-12(13(17)18)15-8-14(9-15,10-15)7-6-11-4-2-1-3-5-11/h1-5,12H,6-10,16H2,(H,17,18). The summed E-state index contributed by atoms with van der Waals surface area (Å²) < 4.78 is 0. The Hall–Kier alpha value is -1.35. The number of benzene rings is 1. The van der Waals surface area contributed by atoms with Crippen LogP contribution in [0.25, 0.3) is 0 Å². The first kappa shape index (κ1) is 11.7. The van der Waals surface area contributed by atoms with Crippen LogP contribution >= 0.6 is 0 Å². The second-order valence-electron chi connectivity index (χ2n) is 6.19. The molecule has 96 valence electrons. The molecular formula is C15H19NO2. The van der Waals surface area contributed by atoms with Crippen LogP contribution in [-0.2, 0) is 11.2 Å². The van der Waals surface area contributed by atoms with E-state index >= 15 is 0 Å². The van der Waals surface area contributed by atoms with Crippen LogP contribution in [0.2, 0.25) is 0 Å². The fourth-order valence-electron chi connectivity index (χ4n) is 4.00. The molecule has 1 aromatic carbocycles. The van der Waals surface area contributed by atoms with E-state index in [2.05, 4.69) is 24.3 Å². The molecule has 3 N–H and O–H groups in total. The minimum absolute atomic E-state index is 0.0669. The second kappa shape index (κ2) is 3.82. The zero-order valence-electron chi connectivity index (χ0n) is 10.4. The normalized spacial score (nSPS) is 34.3. The van der Waals surface area contributed by atoms with Crippen LogP contribution in [0.1, 0.15) is 31.2 Å². The summed E-state index contributed by atoms with van der Waals surface area (Å²) in [4.78, 5) is 10.9. The van der Waals surface area contributed by atoms with Gasteiger partial charge in [0.25, 0.3) is 0 Å². The van der Waals surface area contributed by atoms with Gasteiger partial charge in [-0.3, -0.25) is 4.79 Å². The van der Waals surface area contributed by atoms with Gasteiger partial charge < -0.3 is 10.8 Å². The Bertz CT molecular complexity index is 449. The molecular weight excluding hydrogens is 226 g/mol. The van der Waals surface area contributed by atoms with Gasteiger partial charge in [-0.15, -0.1) is 0 Å². The molecule has 1 unspecified atom stereocenters. The highest BCUT2D eigenvalue weighted by atomic mass is 16.4. The van der Waals surface area contributed by atoms with Gasteiger partial charge in [-0.05, 0) is 48.5 Å². The fraction of sp³-hybridized carbons (Fsp3) is 0.533. The lowest BCUT2D eigenvalue weighted by Gasteiger charge is -2.72. The number of hydrogen-bond donors (Lipinski definition) is 2. The summed E-state index contributed by atoms with van der Waals surface area (Å²) >= 11 is 0. The van der Waals surface area contributed by atoms with Gasteiger partial charge >= 0.3 is 5.97 Å². The van der Waals surface area contributed by atoms with Gasteiger partial charge in [-0.1, -0.05) is 30.3 Å². The number of aryl methyl sites for hydroxylation is 1. The average Bonchev–Trinajstić information content (AvgIpc) is 2.26. The van der Waals surface area contributed by atoms with Crippen molar-refractivity contribution in [3.63, 3.8) is 0 Å². The Morgan fingerprint density at radius 3 is 2.44 bits per heavy atom. The molecule has 18 heavy (non-hydrogen) atoms. The summed E-state index contributed by atoms with van der Waals surface area (Å²) in [6, 6.07) is 9.83. The van der Waals surface area contributed by atoms with Gasteiger partial charge in [0.15, 0.2) is 0 Å². The van der Waals surface area contributed by atoms with E-state index in [-0.39, 0.29) is 5.41 Å². The Labute approximate surface area is 107 Å². The van der Waals surface area contributed by atoms with Gasteiger partial charge in [0.1, 0.15) is 6.04 Å². The monoisotopic (exact) mass is 245 g/mol. The predicted octanol–water partition coefficient (Wildman–Crippen LogP) is 2.20. The van der Waals surface area contributed by atoms with Crippen molar-refractivity contribution in [2.24, 2.45) is 16.6 Å². The Morgan fingerprint density at radius 1 is 1.28 bits per heavy atom. The van der Waals surface area contributed by atoms with Crippen molar-refractivity contribution in [2.75, 3.05) is 0 Å². The predicted molar refractivity (Wildman–Crippen MR) is 69.1 cm³/mol. The third-order valence-electron chi connectivity index (χ3n) is 4.89. The molecule has 3 nitrogen and oxygen atoms in total. The zero-order valence-corrected chi connectivity index (χ0v) is 10.4. The van der Waals surface area contributed by atoms with Crippen LogP contribution in [0, 0.1) is 10.8 Å².